The standard InChI is InChI=1S/C9H16BrNO3/c1-8(10)6-11(4-5-13-2)7-9(12)14-3/h1,4-7H2,2-3H3. The molecule has 14 heavy (non-hydrogen) atoms. The third-order valence-electron chi connectivity index (χ3n) is 1.59. The summed E-state index contributed by atoms with van der Waals surface area (Å²) in [6, 6.07) is 0. The molecule has 0 aliphatic rings. The predicted molar refractivity (Wildman–Crippen MR) is 58.4 cm³/mol. The van der Waals surface area contributed by atoms with Crippen molar-refractivity contribution >= 4 is 21.9 Å². The first-order chi connectivity index (χ1) is 6.60. The van der Waals surface area contributed by atoms with Crippen molar-refractivity contribution in [3.8, 4) is 0 Å². The van der Waals surface area contributed by atoms with Crippen LogP contribution in [0.2, 0.25) is 0 Å². The maximum absolute atomic E-state index is 11.0. The molecule has 0 atom stereocenters. The third-order valence-corrected chi connectivity index (χ3v) is 1.84. The smallest absolute Gasteiger partial charge is 0.319 e. The molecule has 0 spiro atoms. The monoisotopic (exact) mass is 265 g/mol. The van der Waals surface area contributed by atoms with E-state index in [-0.39, 0.29) is 12.5 Å². The molecule has 0 aliphatic carbocycles. The number of nitrogens with zero attached hydrogens (tertiary/aromatic N) is 1. The van der Waals surface area contributed by atoms with Crippen LogP contribution in [0.25, 0.3) is 0 Å². The van der Waals surface area contributed by atoms with Crippen molar-refractivity contribution in [1.29, 1.82) is 0 Å². The Labute approximate surface area is 93.0 Å². The SMILES string of the molecule is C=C(Br)CN(CCOC)CC(=O)OC. The number of hydrogen-bond donors (Lipinski definition) is 0. The second-order valence-corrected chi connectivity index (χ2v) is 3.92. The van der Waals surface area contributed by atoms with Crippen LogP contribution in [-0.2, 0) is 14.3 Å². The van der Waals surface area contributed by atoms with Gasteiger partial charge in [0.2, 0.25) is 0 Å². The van der Waals surface area contributed by atoms with Crippen LogP contribution in [-0.4, -0.2) is 51.3 Å². The van der Waals surface area contributed by atoms with Crippen LogP contribution in [0, 0.1) is 0 Å². The van der Waals surface area contributed by atoms with E-state index in [1.165, 1.54) is 7.11 Å². The molecule has 5 heteroatoms. The van der Waals surface area contributed by atoms with Gasteiger partial charge in [-0.05, 0) is 0 Å². The van der Waals surface area contributed by atoms with Gasteiger partial charge in [0.1, 0.15) is 0 Å². The Morgan fingerprint density at radius 2 is 2.07 bits per heavy atom. The molecule has 0 aromatic heterocycles. The van der Waals surface area contributed by atoms with E-state index in [1.807, 2.05) is 4.90 Å². The van der Waals surface area contributed by atoms with Crippen LogP contribution in [0.5, 0.6) is 0 Å². The summed E-state index contributed by atoms with van der Waals surface area (Å²) >= 11 is 3.25. The molecule has 0 aliphatic heterocycles. The van der Waals surface area contributed by atoms with Crippen molar-refractivity contribution in [1.82, 2.24) is 4.90 Å². The highest BCUT2D eigenvalue weighted by Crippen LogP contribution is 2.04. The van der Waals surface area contributed by atoms with Crippen LogP contribution >= 0.6 is 15.9 Å². The first-order valence-corrected chi connectivity index (χ1v) is 5.00. The molecule has 0 radical (unpaired) electrons. The fourth-order valence-corrected chi connectivity index (χ4v) is 1.28. The van der Waals surface area contributed by atoms with Gasteiger partial charge in [0.25, 0.3) is 0 Å². The van der Waals surface area contributed by atoms with E-state index in [0.29, 0.717) is 19.7 Å². The first kappa shape index (κ1) is 13.6. The second kappa shape index (κ2) is 7.96. The summed E-state index contributed by atoms with van der Waals surface area (Å²) in [5.41, 5.74) is 0. The summed E-state index contributed by atoms with van der Waals surface area (Å²) < 4.78 is 10.3. The molecule has 0 bridgehead atoms. The molecular formula is C9H16BrNO3. The number of ether oxygens (including phenoxy) is 2. The van der Waals surface area contributed by atoms with Gasteiger partial charge in [-0.3, -0.25) is 9.69 Å². The number of halogens is 1. The lowest BCUT2D eigenvalue weighted by Gasteiger charge is -2.19. The normalized spacial score (nSPS) is 10.3. The zero-order chi connectivity index (χ0) is 11.0. The fraction of sp³-hybridized carbons (Fsp3) is 0.667. The lowest BCUT2D eigenvalue weighted by atomic mass is 10.4. The molecule has 4 nitrogen and oxygen atoms in total. The lowest BCUT2D eigenvalue weighted by molar-refractivity contribution is -0.141. The quantitative estimate of drug-likeness (QED) is 0.645. The zero-order valence-electron chi connectivity index (χ0n) is 8.59. The number of rotatable bonds is 7. The molecule has 0 unspecified atom stereocenters. The Hall–Kier alpha value is -0.390. The molecule has 0 amide bonds. The molecule has 0 fully saturated rings. The summed E-state index contributed by atoms with van der Waals surface area (Å²) in [4.78, 5) is 12.9. The average molecular weight is 266 g/mol. The molecule has 0 saturated heterocycles. The van der Waals surface area contributed by atoms with Gasteiger partial charge in [0, 0.05) is 24.7 Å². The van der Waals surface area contributed by atoms with E-state index in [9.17, 15) is 4.79 Å². The number of carbonyl (C=O) groups excluding carboxylic acids is 1. The van der Waals surface area contributed by atoms with Gasteiger partial charge in [0.05, 0.1) is 20.3 Å². The number of hydrogen-bond acceptors (Lipinski definition) is 4. The summed E-state index contributed by atoms with van der Waals surface area (Å²) in [6.07, 6.45) is 0. The summed E-state index contributed by atoms with van der Waals surface area (Å²) in [6.45, 7) is 5.84. The van der Waals surface area contributed by atoms with Gasteiger partial charge in [-0.25, -0.2) is 0 Å². The summed E-state index contributed by atoms with van der Waals surface area (Å²) in [7, 11) is 3.00. The van der Waals surface area contributed by atoms with E-state index >= 15 is 0 Å². The molecule has 82 valence electrons. The van der Waals surface area contributed by atoms with Crippen molar-refractivity contribution in [2.75, 3.05) is 40.5 Å². The Balaban J connectivity index is 3.96. The van der Waals surface area contributed by atoms with E-state index in [0.717, 1.165) is 4.48 Å². The van der Waals surface area contributed by atoms with Gasteiger partial charge in [-0.15, -0.1) is 0 Å². The first-order valence-electron chi connectivity index (χ1n) is 4.21. The van der Waals surface area contributed by atoms with Crippen LogP contribution in [0.3, 0.4) is 0 Å². The van der Waals surface area contributed by atoms with E-state index in [2.05, 4.69) is 27.2 Å². The topological polar surface area (TPSA) is 38.8 Å². The highest BCUT2D eigenvalue weighted by atomic mass is 79.9. The molecule has 0 rings (SSSR count). The fourth-order valence-electron chi connectivity index (χ4n) is 0.924. The predicted octanol–water partition coefficient (Wildman–Crippen LogP) is 1.02. The summed E-state index contributed by atoms with van der Waals surface area (Å²) in [5.74, 6) is -0.255. The molecule has 0 aromatic rings. The minimum Gasteiger partial charge on any atom is -0.468 e. The molecule has 0 saturated carbocycles. The number of carbonyl (C=O) groups is 1. The van der Waals surface area contributed by atoms with Gasteiger partial charge < -0.3 is 9.47 Å². The van der Waals surface area contributed by atoms with Gasteiger partial charge in [-0.2, -0.15) is 0 Å². The van der Waals surface area contributed by atoms with Crippen molar-refractivity contribution in [3.63, 3.8) is 0 Å². The third kappa shape index (κ3) is 7.06. The van der Waals surface area contributed by atoms with Crippen molar-refractivity contribution in [2.24, 2.45) is 0 Å². The molecular weight excluding hydrogens is 250 g/mol. The minimum absolute atomic E-state index is 0.254. The van der Waals surface area contributed by atoms with Crippen LogP contribution < -0.4 is 0 Å². The van der Waals surface area contributed by atoms with E-state index in [4.69, 9.17) is 4.74 Å². The Bertz CT molecular complexity index is 196. The highest BCUT2D eigenvalue weighted by Gasteiger charge is 2.10. The number of esters is 1. The largest absolute Gasteiger partial charge is 0.468 e. The van der Waals surface area contributed by atoms with Crippen LogP contribution in [0.4, 0.5) is 0 Å². The Kier molecular flexibility index (Phi) is 7.74. The molecule has 0 N–H and O–H groups in total. The Morgan fingerprint density at radius 1 is 1.43 bits per heavy atom. The van der Waals surface area contributed by atoms with Crippen molar-refractivity contribution < 1.29 is 14.3 Å². The Morgan fingerprint density at radius 3 is 2.50 bits per heavy atom. The van der Waals surface area contributed by atoms with Crippen LogP contribution in [0.1, 0.15) is 0 Å². The highest BCUT2D eigenvalue weighted by molar-refractivity contribution is 9.11. The average Bonchev–Trinajstić information content (AvgIpc) is 2.13. The molecule has 0 heterocycles. The zero-order valence-corrected chi connectivity index (χ0v) is 10.2. The van der Waals surface area contributed by atoms with Gasteiger partial charge in [-0.1, -0.05) is 22.5 Å². The van der Waals surface area contributed by atoms with Crippen LogP contribution in [0.15, 0.2) is 11.1 Å². The number of methoxy groups -OCH3 is 2. The lowest BCUT2D eigenvalue weighted by Crippen LogP contribution is -2.34. The van der Waals surface area contributed by atoms with Crippen molar-refractivity contribution in [3.05, 3.63) is 11.1 Å². The van der Waals surface area contributed by atoms with Gasteiger partial charge >= 0.3 is 5.97 Å². The molecule has 0 aromatic carbocycles. The van der Waals surface area contributed by atoms with E-state index < -0.39 is 0 Å². The van der Waals surface area contributed by atoms with Crippen molar-refractivity contribution in [2.45, 2.75) is 0 Å². The van der Waals surface area contributed by atoms with E-state index in [1.54, 1.807) is 7.11 Å². The maximum Gasteiger partial charge on any atom is 0.319 e. The minimum atomic E-state index is -0.255. The summed E-state index contributed by atoms with van der Waals surface area (Å²) in [5, 5.41) is 0. The van der Waals surface area contributed by atoms with Gasteiger partial charge in [0.15, 0.2) is 0 Å². The maximum atomic E-state index is 11.0. The second-order valence-electron chi connectivity index (χ2n) is 2.80.